The third kappa shape index (κ3) is 5.80. The van der Waals surface area contributed by atoms with Crippen LogP contribution in [-0.2, 0) is 17.8 Å². The third-order valence-electron chi connectivity index (χ3n) is 9.10. The summed E-state index contributed by atoms with van der Waals surface area (Å²) in [6.45, 7) is 10.4. The van der Waals surface area contributed by atoms with Gasteiger partial charge >= 0.3 is 0 Å². The van der Waals surface area contributed by atoms with Crippen LogP contribution in [0, 0.1) is 18.3 Å². The first-order chi connectivity index (χ1) is 21.0. The molecule has 0 radical (unpaired) electrons. The Labute approximate surface area is 253 Å². The molecular formula is C34H39N7O2. The van der Waals surface area contributed by atoms with E-state index in [1.807, 2.05) is 6.07 Å². The fourth-order valence-electron chi connectivity index (χ4n) is 6.89. The summed E-state index contributed by atoms with van der Waals surface area (Å²) in [7, 11) is 0. The summed E-state index contributed by atoms with van der Waals surface area (Å²) in [5.41, 5.74) is 5.84. The maximum Gasteiger partial charge on any atom is 0.270 e. The Bertz CT molecular complexity index is 1580. The van der Waals surface area contributed by atoms with E-state index in [0.717, 1.165) is 49.3 Å². The van der Waals surface area contributed by atoms with Crippen LogP contribution in [0.25, 0.3) is 10.8 Å². The molecule has 0 bridgehead atoms. The van der Waals surface area contributed by atoms with Gasteiger partial charge in [0.15, 0.2) is 0 Å². The van der Waals surface area contributed by atoms with Gasteiger partial charge in [0.25, 0.3) is 5.91 Å². The number of anilines is 2. The molecule has 0 spiro atoms. The Balaban J connectivity index is 1.35. The standard InChI is InChI=1S/C34H39N7O2/c1-3-32(42)41-18-17-40(21-26(41)12-14-35)31-19-28(34(43)37-20-25-10-6-15-36-25)38-29-22-39(16-13-27(29)31)30-11-5-9-24-8-4-7-23(2)33(24)30/h3-5,7-9,11,19,25-26,36H,1,6,10,12-13,15-18,20-22H2,2H3,(H,37,43)/t25-,26+/m1/s1. The summed E-state index contributed by atoms with van der Waals surface area (Å²) in [5.74, 6) is -0.330. The van der Waals surface area contributed by atoms with E-state index in [1.165, 1.54) is 28.1 Å². The number of hydrogen-bond donors (Lipinski definition) is 2. The van der Waals surface area contributed by atoms with Gasteiger partial charge in [-0.25, -0.2) is 4.98 Å². The molecule has 222 valence electrons. The van der Waals surface area contributed by atoms with Gasteiger partial charge < -0.3 is 25.3 Å². The lowest BCUT2D eigenvalue weighted by Gasteiger charge is -2.43. The highest BCUT2D eigenvalue weighted by atomic mass is 16.2. The number of fused-ring (bicyclic) bond motifs is 2. The second-order valence-electron chi connectivity index (χ2n) is 11.8. The number of benzene rings is 2. The number of rotatable bonds is 7. The lowest BCUT2D eigenvalue weighted by atomic mass is 9.97. The number of carbonyl (C=O) groups is 2. The molecule has 3 aliphatic rings. The number of nitriles is 1. The first-order valence-corrected chi connectivity index (χ1v) is 15.3. The van der Waals surface area contributed by atoms with Gasteiger partial charge in [-0.2, -0.15) is 5.26 Å². The van der Waals surface area contributed by atoms with E-state index in [4.69, 9.17) is 4.98 Å². The van der Waals surface area contributed by atoms with E-state index in [1.54, 1.807) is 4.90 Å². The van der Waals surface area contributed by atoms with Crippen LogP contribution in [-0.4, -0.2) is 73.1 Å². The molecule has 2 fully saturated rings. The Kier molecular flexibility index (Phi) is 8.30. The monoisotopic (exact) mass is 577 g/mol. The average Bonchev–Trinajstić information content (AvgIpc) is 3.56. The van der Waals surface area contributed by atoms with E-state index in [-0.39, 0.29) is 30.3 Å². The highest BCUT2D eigenvalue weighted by Gasteiger charge is 2.33. The molecule has 1 aromatic heterocycles. The molecule has 0 saturated carbocycles. The number of piperazine rings is 1. The van der Waals surface area contributed by atoms with Crippen molar-refractivity contribution in [3.8, 4) is 6.07 Å². The second kappa shape index (κ2) is 12.4. The summed E-state index contributed by atoms with van der Waals surface area (Å²) in [4.78, 5) is 37.4. The molecule has 3 aromatic rings. The number of amides is 2. The van der Waals surface area contributed by atoms with Crippen molar-refractivity contribution in [2.75, 3.05) is 49.1 Å². The molecule has 6 rings (SSSR count). The van der Waals surface area contributed by atoms with Crippen LogP contribution in [0.5, 0.6) is 0 Å². The number of nitrogens with one attached hydrogen (secondary N) is 2. The van der Waals surface area contributed by atoms with E-state index >= 15 is 0 Å². The van der Waals surface area contributed by atoms with Gasteiger partial charge in [-0.05, 0) is 61.9 Å². The summed E-state index contributed by atoms with van der Waals surface area (Å²) < 4.78 is 0. The Hall–Kier alpha value is -4.42. The molecule has 9 nitrogen and oxygen atoms in total. The molecule has 0 aliphatic carbocycles. The minimum atomic E-state index is -0.252. The molecule has 2 amide bonds. The molecule has 4 heterocycles. The molecule has 2 aromatic carbocycles. The van der Waals surface area contributed by atoms with Gasteiger partial charge in [0, 0.05) is 61.1 Å². The summed E-state index contributed by atoms with van der Waals surface area (Å²) in [6.07, 6.45) is 4.51. The van der Waals surface area contributed by atoms with Crippen molar-refractivity contribution >= 4 is 34.0 Å². The highest BCUT2D eigenvalue weighted by Crippen LogP contribution is 2.36. The zero-order valence-corrected chi connectivity index (χ0v) is 24.8. The Morgan fingerprint density at radius 1 is 1.16 bits per heavy atom. The van der Waals surface area contributed by atoms with Crippen LogP contribution < -0.4 is 20.4 Å². The van der Waals surface area contributed by atoms with Crippen LogP contribution in [0.3, 0.4) is 0 Å². The molecule has 2 saturated heterocycles. The predicted molar refractivity (Wildman–Crippen MR) is 169 cm³/mol. The summed E-state index contributed by atoms with van der Waals surface area (Å²) in [6, 6.07) is 17.0. The van der Waals surface area contributed by atoms with Crippen molar-refractivity contribution in [2.45, 2.75) is 51.2 Å². The Morgan fingerprint density at radius 2 is 2.00 bits per heavy atom. The van der Waals surface area contributed by atoms with E-state index in [2.05, 4.69) is 76.4 Å². The number of aromatic nitrogens is 1. The van der Waals surface area contributed by atoms with Crippen LogP contribution in [0.4, 0.5) is 11.4 Å². The van der Waals surface area contributed by atoms with Gasteiger partial charge in [-0.15, -0.1) is 0 Å². The molecular weight excluding hydrogens is 538 g/mol. The normalized spacial score (nSPS) is 20.0. The molecule has 3 aliphatic heterocycles. The summed E-state index contributed by atoms with van der Waals surface area (Å²) >= 11 is 0. The zero-order valence-electron chi connectivity index (χ0n) is 24.8. The van der Waals surface area contributed by atoms with Crippen molar-refractivity contribution in [3.05, 3.63) is 77.6 Å². The van der Waals surface area contributed by atoms with Crippen LogP contribution in [0.15, 0.2) is 55.1 Å². The van der Waals surface area contributed by atoms with Crippen LogP contribution in [0.2, 0.25) is 0 Å². The first kappa shape index (κ1) is 28.7. The minimum absolute atomic E-state index is 0.154. The third-order valence-corrected chi connectivity index (χ3v) is 9.10. The zero-order chi connectivity index (χ0) is 29.9. The lowest BCUT2D eigenvalue weighted by molar-refractivity contribution is -0.128. The maximum atomic E-state index is 13.5. The smallest absolute Gasteiger partial charge is 0.270 e. The van der Waals surface area contributed by atoms with Crippen molar-refractivity contribution in [3.63, 3.8) is 0 Å². The number of hydrogen-bond acceptors (Lipinski definition) is 7. The quantitative estimate of drug-likeness (QED) is 0.413. The van der Waals surface area contributed by atoms with Crippen molar-refractivity contribution < 1.29 is 9.59 Å². The van der Waals surface area contributed by atoms with Gasteiger partial charge in [0.2, 0.25) is 5.91 Å². The highest BCUT2D eigenvalue weighted by molar-refractivity contribution is 5.97. The average molecular weight is 578 g/mol. The fourth-order valence-corrected chi connectivity index (χ4v) is 6.89. The number of carbonyl (C=O) groups excluding carboxylic acids is 2. The number of aryl methyl sites for hydroxylation is 1. The number of pyridine rings is 1. The largest absolute Gasteiger partial charge is 0.367 e. The molecule has 43 heavy (non-hydrogen) atoms. The summed E-state index contributed by atoms with van der Waals surface area (Å²) in [5, 5.41) is 18.5. The van der Waals surface area contributed by atoms with Crippen LogP contribution in [0.1, 0.15) is 46.6 Å². The van der Waals surface area contributed by atoms with Crippen molar-refractivity contribution in [1.29, 1.82) is 5.26 Å². The first-order valence-electron chi connectivity index (χ1n) is 15.3. The molecule has 0 unspecified atom stereocenters. The van der Waals surface area contributed by atoms with Crippen LogP contribution >= 0.6 is 0 Å². The number of nitrogens with zero attached hydrogens (tertiary/aromatic N) is 5. The van der Waals surface area contributed by atoms with E-state index in [0.29, 0.717) is 38.4 Å². The van der Waals surface area contributed by atoms with Gasteiger partial charge in [0.1, 0.15) is 5.69 Å². The minimum Gasteiger partial charge on any atom is -0.367 e. The van der Waals surface area contributed by atoms with Crippen molar-refractivity contribution in [2.24, 2.45) is 0 Å². The maximum absolute atomic E-state index is 13.5. The SMILES string of the molecule is C=CC(=O)N1CCN(c2cc(C(=O)NC[C@H]3CCCN3)nc3c2CCN(c2cccc4cccc(C)c24)C3)C[C@@H]1CC#N. The molecule has 2 atom stereocenters. The predicted octanol–water partition coefficient (Wildman–Crippen LogP) is 3.70. The molecule has 2 N–H and O–H groups in total. The second-order valence-corrected chi connectivity index (χ2v) is 11.8. The van der Waals surface area contributed by atoms with E-state index < -0.39 is 0 Å². The van der Waals surface area contributed by atoms with E-state index in [9.17, 15) is 14.9 Å². The topological polar surface area (TPSA) is 105 Å². The Morgan fingerprint density at radius 3 is 2.77 bits per heavy atom. The molecule has 9 heteroatoms. The van der Waals surface area contributed by atoms with Gasteiger partial charge in [-0.3, -0.25) is 9.59 Å². The lowest BCUT2D eigenvalue weighted by Crippen LogP contribution is -2.55. The fraction of sp³-hybridized carbons (Fsp3) is 0.412. The van der Waals surface area contributed by atoms with Crippen molar-refractivity contribution in [1.82, 2.24) is 20.5 Å². The van der Waals surface area contributed by atoms with Gasteiger partial charge in [-0.1, -0.05) is 36.9 Å². The van der Waals surface area contributed by atoms with Gasteiger partial charge in [0.05, 0.1) is 30.8 Å².